The smallest absolute Gasteiger partial charge is 0.306 e. The summed E-state index contributed by atoms with van der Waals surface area (Å²) in [4.78, 5) is 25.3. The van der Waals surface area contributed by atoms with Gasteiger partial charge in [-0.3, -0.25) is 9.59 Å². The molecule has 0 aromatic heterocycles. The number of carboxylic acids is 1. The van der Waals surface area contributed by atoms with Crippen LogP contribution in [0, 0.1) is 17.7 Å². The summed E-state index contributed by atoms with van der Waals surface area (Å²) in [6.07, 6.45) is 0.343. The molecule has 1 fully saturated rings. The summed E-state index contributed by atoms with van der Waals surface area (Å²) in [7, 11) is 2.75. The van der Waals surface area contributed by atoms with Crippen LogP contribution in [0.15, 0.2) is 12.1 Å². The number of carbonyl (C=O) groups is 2. The molecule has 0 saturated carbocycles. The molecule has 1 aromatic carbocycles. The Balaban J connectivity index is 2.30. The van der Waals surface area contributed by atoms with E-state index < -0.39 is 23.6 Å². The molecule has 126 valence electrons. The highest BCUT2D eigenvalue weighted by Gasteiger charge is 2.35. The fourth-order valence-corrected chi connectivity index (χ4v) is 2.96. The van der Waals surface area contributed by atoms with Gasteiger partial charge in [-0.1, -0.05) is 6.92 Å². The lowest BCUT2D eigenvalue weighted by Gasteiger charge is -2.35. The van der Waals surface area contributed by atoms with E-state index in [1.54, 1.807) is 6.92 Å². The maximum atomic E-state index is 14.2. The topological polar surface area (TPSA) is 76.1 Å². The van der Waals surface area contributed by atoms with Gasteiger partial charge in [0.05, 0.1) is 20.1 Å². The second-order valence-corrected chi connectivity index (χ2v) is 5.62. The third-order valence-electron chi connectivity index (χ3n) is 4.22. The molecule has 1 saturated heterocycles. The summed E-state index contributed by atoms with van der Waals surface area (Å²) in [5.74, 6) is -2.46. The van der Waals surface area contributed by atoms with Crippen LogP contribution in [-0.2, 0) is 4.79 Å². The number of hydrogen-bond donors (Lipinski definition) is 1. The second kappa shape index (κ2) is 6.85. The molecule has 23 heavy (non-hydrogen) atoms. The van der Waals surface area contributed by atoms with Crippen LogP contribution in [0.3, 0.4) is 0 Å². The Morgan fingerprint density at radius 2 is 2.00 bits per heavy atom. The maximum Gasteiger partial charge on any atom is 0.306 e. The van der Waals surface area contributed by atoms with Gasteiger partial charge < -0.3 is 19.5 Å². The Labute approximate surface area is 133 Å². The van der Waals surface area contributed by atoms with Gasteiger partial charge in [0.1, 0.15) is 11.4 Å². The standard InChI is InChI=1S/C16H20FNO5/c1-9-8-18(7-6-10(9)16(20)21)15(19)13-11(17)4-5-12(22-2)14(13)23-3/h4-5,9-10H,6-8H2,1-3H3,(H,20,21). The van der Waals surface area contributed by atoms with Crippen molar-refractivity contribution in [1.29, 1.82) is 0 Å². The molecule has 1 N–H and O–H groups in total. The average Bonchev–Trinajstić information content (AvgIpc) is 2.53. The van der Waals surface area contributed by atoms with Crippen molar-refractivity contribution in [2.24, 2.45) is 11.8 Å². The van der Waals surface area contributed by atoms with Gasteiger partial charge in [-0.15, -0.1) is 0 Å². The number of ether oxygens (including phenoxy) is 2. The fourth-order valence-electron chi connectivity index (χ4n) is 2.96. The second-order valence-electron chi connectivity index (χ2n) is 5.62. The summed E-state index contributed by atoms with van der Waals surface area (Å²) >= 11 is 0. The fraction of sp³-hybridized carbons (Fsp3) is 0.500. The number of likely N-dealkylation sites (tertiary alicyclic amines) is 1. The minimum absolute atomic E-state index is 0.0468. The summed E-state index contributed by atoms with van der Waals surface area (Å²) in [5, 5.41) is 9.15. The quantitative estimate of drug-likeness (QED) is 0.916. The lowest BCUT2D eigenvalue weighted by atomic mass is 9.86. The number of halogens is 1. The van der Waals surface area contributed by atoms with Crippen molar-refractivity contribution in [3.05, 3.63) is 23.5 Å². The van der Waals surface area contributed by atoms with E-state index >= 15 is 0 Å². The zero-order chi connectivity index (χ0) is 17.1. The molecule has 1 heterocycles. The number of benzene rings is 1. The Kier molecular flexibility index (Phi) is 5.08. The first-order valence-corrected chi connectivity index (χ1v) is 7.33. The third-order valence-corrected chi connectivity index (χ3v) is 4.22. The summed E-state index contributed by atoms with van der Waals surface area (Å²) < 4.78 is 24.4. The first-order valence-electron chi connectivity index (χ1n) is 7.33. The van der Waals surface area contributed by atoms with Crippen LogP contribution in [0.2, 0.25) is 0 Å². The van der Waals surface area contributed by atoms with Crippen molar-refractivity contribution in [3.8, 4) is 11.5 Å². The minimum Gasteiger partial charge on any atom is -0.493 e. The molecular weight excluding hydrogens is 305 g/mol. The molecular formula is C16H20FNO5. The first-order chi connectivity index (χ1) is 10.9. The van der Waals surface area contributed by atoms with E-state index in [1.807, 2.05) is 0 Å². The molecule has 1 amide bonds. The van der Waals surface area contributed by atoms with Gasteiger partial charge in [0.15, 0.2) is 11.5 Å². The number of rotatable bonds is 4. The van der Waals surface area contributed by atoms with Crippen LogP contribution in [0.5, 0.6) is 11.5 Å². The number of methoxy groups -OCH3 is 2. The summed E-state index contributed by atoms with van der Waals surface area (Å²) in [6.45, 7) is 2.30. The van der Waals surface area contributed by atoms with Gasteiger partial charge in [0, 0.05) is 13.1 Å². The molecule has 1 aromatic rings. The lowest BCUT2D eigenvalue weighted by Crippen LogP contribution is -2.45. The van der Waals surface area contributed by atoms with E-state index in [0.29, 0.717) is 6.42 Å². The Hall–Kier alpha value is -2.31. The molecule has 7 heteroatoms. The number of hydrogen-bond acceptors (Lipinski definition) is 4. The van der Waals surface area contributed by atoms with Crippen LogP contribution >= 0.6 is 0 Å². The van der Waals surface area contributed by atoms with Crippen molar-refractivity contribution in [1.82, 2.24) is 4.90 Å². The maximum absolute atomic E-state index is 14.2. The van der Waals surface area contributed by atoms with Crippen LogP contribution in [0.25, 0.3) is 0 Å². The highest BCUT2D eigenvalue weighted by Crippen LogP contribution is 2.35. The molecule has 0 aliphatic carbocycles. The van der Waals surface area contributed by atoms with Crippen molar-refractivity contribution < 1.29 is 28.6 Å². The largest absolute Gasteiger partial charge is 0.493 e. The Bertz CT molecular complexity index is 619. The SMILES string of the molecule is COc1ccc(F)c(C(=O)N2CCC(C(=O)O)C(C)C2)c1OC. The Morgan fingerprint density at radius 1 is 1.30 bits per heavy atom. The van der Waals surface area contributed by atoms with Gasteiger partial charge in [-0.05, 0) is 24.5 Å². The lowest BCUT2D eigenvalue weighted by molar-refractivity contribution is -0.145. The number of amides is 1. The van der Waals surface area contributed by atoms with Crippen LogP contribution in [-0.4, -0.2) is 49.2 Å². The van der Waals surface area contributed by atoms with Gasteiger partial charge in [-0.2, -0.15) is 0 Å². The summed E-state index contributed by atoms with van der Waals surface area (Å²) in [6, 6.07) is 2.55. The van der Waals surface area contributed by atoms with E-state index in [1.165, 1.54) is 25.2 Å². The highest BCUT2D eigenvalue weighted by molar-refractivity contribution is 5.98. The predicted octanol–water partition coefficient (Wildman–Crippen LogP) is 2.03. The number of piperidine rings is 1. The number of nitrogens with zero attached hydrogens (tertiary/aromatic N) is 1. The molecule has 1 aliphatic rings. The molecule has 1 aliphatic heterocycles. The number of aliphatic carboxylic acids is 1. The van der Waals surface area contributed by atoms with Crippen LogP contribution < -0.4 is 9.47 Å². The monoisotopic (exact) mass is 325 g/mol. The van der Waals surface area contributed by atoms with Crippen LogP contribution in [0.4, 0.5) is 4.39 Å². The van der Waals surface area contributed by atoms with Crippen molar-refractivity contribution in [2.75, 3.05) is 27.3 Å². The van der Waals surface area contributed by atoms with Gasteiger partial charge in [-0.25, -0.2) is 4.39 Å². The third kappa shape index (κ3) is 3.23. The van der Waals surface area contributed by atoms with E-state index in [9.17, 15) is 14.0 Å². The van der Waals surface area contributed by atoms with Crippen molar-refractivity contribution in [3.63, 3.8) is 0 Å². The molecule has 6 nitrogen and oxygen atoms in total. The predicted molar refractivity (Wildman–Crippen MR) is 80.3 cm³/mol. The van der Waals surface area contributed by atoms with Gasteiger partial charge in [0.25, 0.3) is 5.91 Å². The normalized spacial score (nSPS) is 21.0. The number of carboxylic acid groups (broad SMARTS) is 1. The van der Waals surface area contributed by atoms with E-state index in [0.717, 1.165) is 6.07 Å². The van der Waals surface area contributed by atoms with Crippen molar-refractivity contribution in [2.45, 2.75) is 13.3 Å². The average molecular weight is 325 g/mol. The number of carbonyl (C=O) groups excluding carboxylic acids is 1. The molecule has 0 bridgehead atoms. The van der Waals surface area contributed by atoms with Crippen molar-refractivity contribution >= 4 is 11.9 Å². The van der Waals surface area contributed by atoms with E-state index in [2.05, 4.69) is 0 Å². The van der Waals surface area contributed by atoms with E-state index in [4.69, 9.17) is 14.6 Å². The molecule has 2 atom stereocenters. The Morgan fingerprint density at radius 3 is 2.52 bits per heavy atom. The molecule has 0 spiro atoms. The zero-order valence-electron chi connectivity index (χ0n) is 13.3. The van der Waals surface area contributed by atoms with Crippen LogP contribution in [0.1, 0.15) is 23.7 Å². The zero-order valence-corrected chi connectivity index (χ0v) is 13.3. The highest BCUT2D eigenvalue weighted by atomic mass is 19.1. The minimum atomic E-state index is -0.866. The molecule has 2 unspecified atom stereocenters. The first kappa shape index (κ1) is 17.1. The molecule has 0 radical (unpaired) electrons. The molecule has 2 rings (SSSR count). The van der Waals surface area contributed by atoms with Gasteiger partial charge >= 0.3 is 5.97 Å². The van der Waals surface area contributed by atoms with Gasteiger partial charge in [0.2, 0.25) is 0 Å². The van der Waals surface area contributed by atoms with E-state index in [-0.39, 0.29) is 36.1 Å². The summed E-state index contributed by atoms with van der Waals surface area (Å²) in [5.41, 5.74) is -0.187.